The average Bonchev–Trinajstić information content (AvgIpc) is 2.98. The van der Waals surface area contributed by atoms with Crippen LogP contribution in [0.1, 0.15) is 26.2 Å². The third kappa shape index (κ3) is 5.07. The fourth-order valence-corrected chi connectivity index (χ4v) is 5.37. The second kappa shape index (κ2) is 9.76. The summed E-state index contributed by atoms with van der Waals surface area (Å²) in [5.41, 5.74) is 0.975. The standard InChI is InChI=1S/C20H24ClN3O2S2/c1-3-9-24-16-8-7-15(21)11-17(16)28-20(24)22-18(25)12-27-13-19(26)23-10-5-4-6-14(23)2/h3,7-8,11,14H,1,4-6,9-10,12-13H2,2H3. The zero-order chi connectivity index (χ0) is 20.1. The molecule has 0 N–H and O–H groups in total. The van der Waals surface area contributed by atoms with Crippen LogP contribution in [0, 0.1) is 0 Å². The van der Waals surface area contributed by atoms with Gasteiger partial charge < -0.3 is 9.47 Å². The van der Waals surface area contributed by atoms with E-state index >= 15 is 0 Å². The van der Waals surface area contributed by atoms with E-state index in [4.69, 9.17) is 11.6 Å². The number of piperidine rings is 1. The maximum absolute atomic E-state index is 12.4. The smallest absolute Gasteiger partial charge is 0.258 e. The number of aromatic nitrogens is 1. The van der Waals surface area contributed by atoms with Crippen LogP contribution in [0.25, 0.3) is 10.2 Å². The van der Waals surface area contributed by atoms with Crippen molar-refractivity contribution in [3.63, 3.8) is 0 Å². The van der Waals surface area contributed by atoms with Crippen molar-refractivity contribution in [3.05, 3.63) is 40.7 Å². The monoisotopic (exact) mass is 437 g/mol. The van der Waals surface area contributed by atoms with Crippen LogP contribution in [0.5, 0.6) is 0 Å². The van der Waals surface area contributed by atoms with E-state index in [2.05, 4.69) is 18.5 Å². The quantitative estimate of drug-likeness (QED) is 0.639. The first-order valence-electron chi connectivity index (χ1n) is 9.34. The Balaban J connectivity index is 1.66. The van der Waals surface area contributed by atoms with Crippen LogP contribution < -0.4 is 4.80 Å². The van der Waals surface area contributed by atoms with Gasteiger partial charge in [-0.05, 0) is 44.4 Å². The third-order valence-electron chi connectivity index (χ3n) is 4.75. The Kier molecular flexibility index (Phi) is 7.37. The van der Waals surface area contributed by atoms with Gasteiger partial charge in [-0.1, -0.05) is 29.0 Å². The molecule has 5 nitrogen and oxygen atoms in total. The van der Waals surface area contributed by atoms with Gasteiger partial charge in [-0.25, -0.2) is 0 Å². The molecule has 1 unspecified atom stereocenters. The van der Waals surface area contributed by atoms with Crippen LogP contribution in [-0.4, -0.2) is 45.4 Å². The predicted octanol–water partition coefficient (Wildman–Crippen LogP) is 4.10. The molecule has 0 spiro atoms. The van der Waals surface area contributed by atoms with Crippen LogP contribution in [0.15, 0.2) is 35.8 Å². The van der Waals surface area contributed by atoms with E-state index < -0.39 is 0 Å². The predicted molar refractivity (Wildman–Crippen MR) is 118 cm³/mol. The molecule has 1 aliphatic heterocycles. The molecule has 3 rings (SSSR count). The molecule has 28 heavy (non-hydrogen) atoms. The number of hydrogen-bond donors (Lipinski definition) is 0. The second-order valence-electron chi connectivity index (χ2n) is 6.83. The Labute approximate surface area is 178 Å². The number of likely N-dealkylation sites (tertiary alicyclic amines) is 1. The van der Waals surface area contributed by atoms with Gasteiger partial charge in [0.05, 0.1) is 21.7 Å². The summed E-state index contributed by atoms with van der Waals surface area (Å²) in [7, 11) is 0. The van der Waals surface area contributed by atoms with E-state index in [0.717, 1.165) is 29.6 Å². The number of allylic oxidation sites excluding steroid dienone is 1. The van der Waals surface area contributed by atoms with Crippen molar-refractivity contribution in [2.45, 2.75) is 38.8 Å². The summed E-state index contributed by atoms with van der Waals surface area (Å²) in [5, 5.41) is 0.651. The summed E-state index contributed by atoms with van der Waals surface area (Å²) in [4.78, 5) is 31.6. The maximum Gasteiger partial charge on any atom is 0.258 e. The summed E-state index contributed by atoms with van der Waals surface area (Å²) >= 11 is 8.84. The number of rotatable bonds is 6. The number of halogens is 1. The number of thiazole rings is 1. The largest absolute Gasteiger partial charge is 0.339 e. The van der Waals surface area contributed by atoms with E-state index in [9.17, 15) is 9.59 Å². The zero-order valence-corrected chi connectivity index (χ0v) is 18.3. The van der Waals surface area contributed by atoms with Crippen LogP contribution >= 0.6 is 34.7 Å². The molecule has 0 saturated carbocycles. The molecule has 0 radical (unpaired) electrons. The highest BCUT2D eigenvalue weighted by atomic mass is 35.5. The Morgan fingerprint density at radius 3 is 2.96 bits per heavy atom. The highest BCUT2D eigenvalue weighted by Crippen LogP contribution is 2.22. The van der Waals surface area contributed by atoms with Crippen molar-refractivity contribution in [3.8, 4) is 0 Å². The van der Waals surface area contributed by atoms with Crippen molar-refractivity contribution >= 4 is 56.7 Å². The summed E-state index contributed by atoms with van der Waals surface area (Å²) in [6, 6.07) is 5.92. The molecule has 2 heterocycles. The normalized spacial score (nSPS) is 17.9. The fourth-order valence-electron chi connectivity index (χ4n) is 3.35. The first kappa shape index (κ1) is 21.1. The second-order valence-corrected chi connectivity index (χ2v) is 9.26. The number of amides is 2. The topological polar surface area (TPSA) is 54.7 Å². The van der Waals surface area contributed by atoms with Crippen LogP contribution in [-0.2, 0) is 16.1 Å². The lowest BCUT2D eigenvalue weighted by atomic mass is 10.0. The number of carbonyl (C=O) groups is 2. The molecule has 1 aromatic carbocycles. The number of nitrogens with zero attached hydrogens (tertiary/aromatic N) is 3. The van der Waals surface area contributed by atoms with Gasteiger partial charge in [0.2, 0.25) is 5.91 Å². The van der Waals surface area contributed by atoms with Crippen LogP contribution in [0.2, 0.25) is 5.02 Å². The van der Waals surface area contributed by atoms with Crippen molar-refractivity contribution < 1.29 is 9.59 Å². The molecule has 2 amide bonds. The number of carbonyl (C=O) groups excluding carboxylic acids is 2. The Morgan fingerprint density at radius 2 is 2.21 bits per heavy atom. The molecule has 1 aliphatic rings. The van der Waals surface area contributed by atoms with E-state index in [0.29, 0.717) is 28.2 Å². The summed E-state index contributed by atoms with van der Waals surface area (Å²) in [6.07, 6.45) is 5.08. The molecule has 0 bridgehead atoms. The number of fused-ring (bicyclic) bond motifs is 1. The van der Waals surface area contributed by atoms with Crippen LogP contribution in [0.3, 0.4) is 0 Å². The molecular weight excluding hydrogens is 414 g/mol. The van der Waals surface area contributed by atoms with Crippen molar-refractivity contribution in [2.75, 3.05) is 18.1 Å². The minimum absolute atomic E-state index is 0.114. The number of thioether (sulfide) groups is 1. The molecule has 1 aromatic heterocycles. The Morgan fingerprint density at radius 1 is 1.39 bits per heavy atom. The lowest BCUT2D eigenvalue weighted by Crippen LogP contribution is -2.43. The maximum atomic E-state index is 12.4. The minimum atomic E-state index is -0.236. The first-order chi connectivity index (χ1) is 13.5. The summed E-state index contributed by atoms with van der Waals surface area (Å²) in [5.74, 6) is 0.389. The van der Waals surface area contributed by atoms with E-state index in [1.54, 1.807) is 6.08 Å². The Bertz CT molecular complexity index is 951. The molecule has 8 heteroatoms. The SMILES string of the molecule is C=CCn1c(=NC(=O)CSCC(=O)N2CCCCC2C)sc2cc(Cl)ccc21. The van der Waals surface area contributed by atoms with Crippen LogP contribution in [0.4, 0.5) is 0 Å². The van der Waals surface area contributed by atoms with Gasteiger partial charge in [0.1, 0.15) is 0 Å². The highest BCUT2D eigenvalue weighted by Gasteiger charge is 2.22. The van der Waals surface area contributed by atoms with Gasteiger partial charge in [0, 0.05) is 24.2 Å². The van der Waals surface area contributed by atoms with Crippen molar-refractivity contribution in [1.29, 1.82) is 0 Å². The lowest BCUT2D eigenvalue weighted by Gasteiger charge is -2.33. The van der Waals surface area contributed by atoms with Gasteiger partial charge in [-0.2, -0.15) is 4.99 Å². The average molecular weight is 438 g/mol. The number of hydrogen-bond acceptors (Lipinski definition) is 4. The minimum Gasteiger partial charge on any atom is -0.339 e. The highest BCUT2D eigenvalue weighted by molar-refractivity contribution is 8.00. The Hall–Kier alpha value is -1.57. The number of benzene rings is 1. The molecule has 0 aliphatic carbocycles. The van der Waals surface area contributed by atoms with E-state index in [1.165, 1.54) is 29.5 Å². The van der Waals surface area contributed by atoms with E-state index in [-0.39, 0.29) is 17.6 Å². The molecule has 2 aromatic rings. The van der Waals surface area contributed by atoms with Gasteiger partial charge >= 0.3 is 0 Å². The molecule has 150 valence electrons. The van der Waals surface area contributed by atoms with Crippen molar-refractivity contribution in [1.82, 2.24) is 9.47 Å². The van der Waals surface area contributed by atoms with Gasteiger partial charge in [-0.15, -0.1) is 18.3 Å². The summed E-state index contributed by atoms with van der Waals surface area (Å²) < 4.78 is 2.93. The summed E-state index contributed by atoms with van der Waals surface area (Å²) in [6.45, 7) is 7.26. The van der Waals surface area contributed by atoms with Gasteiger partial charge in [-0.3, -0.25) is 9.59 Å². The third-order valence-corrected chi connectivity index (χ3v) is 6.93. The van der Waals surface area contributed by atoms with Crippen molar-refractivity contribution in [2.24, 2.45) is 4.99 Å². The molecular formula is C20H24ClN3O2S2. The van der Waals surface area contributed by atoms with Gasteiger partial charge in [0.25, 0.3) is 5.91 Å². The zero-order valence-electron chi connectivity index (χ0n) is 15.9. The first-order valence-corrected chi connectivity index (χ1v) is 11.7. The molecule has 1 saturated heterocycles. The van der Waals surface area contributed by atoms with E-state index in [1.807, 2.05) is 27.7 Å². The fraction of sp³-hybridized carbons (Fsp3) is 0.450. The lowest BCUT2D eigenvalue weighted by molar-refractivity contribution is -0.131. The van der Waals surface area contributed by atoms with Gasteiger partial charge in [0.15, 0.2) is 4.80 Å². The molecule has 1 atom stereocenters. The molecule has 1 fully saturated rings.